The van der Waals surface area contributed by atoms with E-state index in [1.807, 2.05) is 0 Å². The van der Waals surface area contributed by atoms with Crippen LogP contribution in [0.3, 0.4) is 0 Å². The Morgan fingerprint density at radius 1 is 0.178 bits per heavy atom. The van der Waals surface area contributed by atoms with Gasteiger partial charge in [0, 0.05) is 0 Å². The van der Waals surface area contributed by atoms with Gasteiger partial charge in [-0.25, -0.2) is 0 Å². The summed E-state index contributed by atoms with van der Waals surface area (Å²) in [4.78, 5) is 0. The van der Waals surface area contributed by atoms with Crippen LogP contribution in [0.25, 0.3) is 196 Å². The SMILES string of the molecule is C#CC#CC#CC#CC#C.c1ccc(-c2cccc(-c3c4c(c(-c5ccccc5)c5ccccc35)-c3ccc5c6ccc7c8c(-c9ccccc9)c9cc%10c(cc9c(-c9ccccc9)c8c8ccc(c9ccc-4c3c59)c6c78)c3cccc4cccc%10c43)c2)cc1. The molecule has 0 amide bonds. The van der Waals surface area contributed by atoms with Crippen molar-refractivity contribution in [1.82, 2.24) is 0 Å². The molecule has 90 heavy (non-hydrogen) atoms. The minimum atomic E-state index is 1.22. The number of hydrogen-bond donors (Lipinski definition) is 0. The molecule has 18 aromatic carbocycles. The van der Waals surface area contributed by atoms with Gasteiger partial charge in [-0.05, 0) is 262 Å². The lowest BCUT2D eigenvalue weighted by Gasteiger charge is -2.20. The quantitative estimate of drug-likeness (QED) is 0.0915. The molecule has 0 unspecified atom stereocenters. The van der Waals surface area contributed by atoms with Gasteiger partial charge >= 0.3 is 0 Å². The molecule has 0 aliphatic heterocycles. The highest BCUT2D eigenvalue weighted by Crippen LogP contribution is 2.61. The molecule has 19 rings (SSSR count). The first-order valence-corrected chi connectivity index (χ1v) is 30.4. The fourth-order valence-electron chi connectivity index (χ4n) is 15.7. The molecule has 0 N–H and O–H groups in total. The molecule has 0 aromatic heterocycles. The lowest BCUT2D eigenvalue weighted by molar-refractivity contribution is 1.60. The average Bonchev–Trinajstić information content (AvgIpc) is 1.49. The zero-order valence-corrected chi connectivity index (χ0v) is 48.6. The van der Waals surface area contributed by atoms with Crippen LogP contribution in [0.4, 0.5) is 0 Å². The zero-order valence-electron chi connectivity index (χ0n) is 48.6. The second-order valence-corrected chi connectivity index (χ2v) is 23.4. The van der Waals surface area contributed by atoms with Gasteiger partial charge in [0.15, 0.2) is 0 Å². The molecule has 1 aliphatic rings. The molecule has 0 fully saturated rings. The topological polar surface area (TPSA) is 0 Å². The van der Waals surface area contributed by atoms with Gasteiger partial charge < -0.3 is 0 Å². The van der Waals surface area contributed by atoms with Crippen LogP contribution >= 0.6 is 0 Å². The van der Waals surface area contributed by atoms with Gasteiger partial charge in [-0.15, -0.1) is 12.8 Å². The Hall–Kier alpha value is -12.6. The number of terminal acetylenes is 2. The highest BCUT2D eigenvalue weighted by molar-refractivity contribution is 6.48. The van der Waals surface area contributed by atoms with E-state index in [4.69, 9.17) is 12.8 Å². The van der Waals surface area contributed by atoms with Crippen LogP contribution in [-0.4, -0.2) is 0 Å². The summed E-state index contributed by atoms with van der Waals surface area (Å²) >= 11 is 0. The van der Waals surface area contributed by atoms with Crippen LogP contribution < -0.4 is 0 Å². The van der Waals surface area contributed by atoms with E-state index >= 15 is 0 Å². The predicted octanol–water partition coefficient (Wildman–Crippen LogP) is 22.9. The Morgan fingerprint density at radius 2 is 0.522 bits per heavy atom. The summed E-state index contributed by atoms with van der Waals surface area (Å²) in [7, 11) is 0. The van der Waals surface area contributed by atoms with Crippen LogP contribution in [0, 0.1) is 60.2 Å². The van der Waals surface area contributed by atoms with E-state index in [1.165, 1.54) is 196 Å². The number of hydrogen-bond acceptors (Lipinski definition) is 0. The highest BCUT2D eigenvalue weighted by Gasteiger charge is 2.33. The predicted molar refractivity (Wildman–Crippen MR) is 385 cm³/mol. The van der Waals surface area contributed by atoms with Crippen molar-refractivity contribution in [2.24, 2.45) is 0 Å². The van der Waals surface area contributed by atoms with Gasteiger partial charge in [-0.1, -0.05) is 249 Å². The van der Waals surface area contributed by atoms with E-state index in [-0.39, 0.29) is 0 Å². The normalized spacial score (nSPS) is 11.5. The molecule has 0 heteroatoms. The molecular formula is C90H46. The molecule has 1 aliphatic carbocycles. The van der Waals surface area contributed by atoms with Crippen molar-refractivity contribution in [2.45, 2.75) is 0 Å². The molecule has 0 nitrogen and oxygen atoms in total. The third-order valence-electron chi connectivity index (χ3n) is 19.0. The number of fused-ring (bicyclic) bond motifs is 13. The maximum atomic E-state index is 4.81. The third kappa shape index (κ3) is 7.28. The maximum absolute atomic E-state index is 4.81. The lowest BCUT2D eigenvalue weighted by Crippen LogP contribution is -1.93. The second kappa shape index (κ2) is 20.0. The van der Waals surface area contributed by atoms with Crippen molar-refractivity contribution in [2.75, 3.05) is 0 Å². The molecule has 18 aromatic rings. The second-order valence-electron chi connectivity index (χ2n) is 23.4. The zero-order chi connectivity index (χ0) is 59.6. The van der Waals surface area contributed by atoms with Gasteiger partial charge in [0.05, 0.1) is 0 Å². The van der Waals surface area contributed by atoms with Gasteiger partial charge in [0.1, 0.15) is 0 Å². The fourth-order valence-corrected chi connectivity index (χ4v) is 15.7. The first-order valence-electron chi connectivity index (χ1n) is 30.4. The van der Waals surface area contributed by atoms with E-state index in [0.29, 0.717) is 0 Å². The molecular weight excluding hydrogens is 1080 g/mol. The van der Waals surface area contributed by atoms with Crippen LogP contribution in [0.15, 0.2) is 267 Å². The molecule has 0 bridgehead atoms. The summed E-state index contributed by atoms with van der Waals surface area (Å²) in [5.41, 5.74) is 17.8. The summed E-state index contributed by atoms with van der Waals surface area (Å²) in [6.07, 6.45) is 9.62. The molecule has 0 radical (unpaired) electrons. The Bertz CT molecular complexity index is 6140. The fraction of sp³-hybridized carbons (Fsp3) is 0. The van der Waals surface area contributed by atoms with Crippen molar-refractivity contribution in [3.8, 4) is 138 Å². The minimum absolute atomic E-state index is 1.22. The maximum Gasteiger partial charge on any atom is -0.000000673 e. The molecule has 0 spiro atoms. The molecule has 0 saturated heterocycles. The summed E-state index contributed by atoms with van der Waals surface area (Å²) in [5.74, 6) is 18.4. The van der Waals surface area contributed by atoms with Gasteiger partial charge in [-0.2, -0.15) is 0 Å². The van der Waals surface area contributed by atoms with E-state index in [2.05, 4.69) is 314 Å². The lowest BCUT2D eigenvalue weighted by atomic mass is 9.82. The number of benzene rings is 16. The molecule has 406 valence electrons. The molecule has 0 atom stereocenters. The van der Waals surface area contributed by atoms with Crippen LogP contribution in [0.1, 0.15) is 0 Å². The molecule has 0 saturated carbocycles. The smallest absolute Gasteiger partial charge is 0.000000673 e. The van der Waals surface area contributed by atoms with Crippen molar-refractivity contribution >= 4 is 118 Å². The summed E-state index contributed by atoms with van der Waals surface area (Å²) in [5, 5.41) is 28.9. The van der Waals surface area contributed by atoms with Crippen molar-refractivity contribution in [1.29, 1.82) is 0 Å². The minimum Gasteiger partial charge on any atom is -0.106 e. The Labute approximate surface area is 520 Å². The Kier molecular flexibility index (Phi) is 11.3. The van der Waals surface area contributed by atoms with Crippen LogP contribution in [-0.2, 0) is 0 Å². The van der Waals surface area contributed by atoms with Crippen LogP contribution in [0.5, 0.6) is 0 Å². The van der Waals surface area contributed by atoms with E-state index in [0.717, 1.165) is 0 Å². The van der Waals surface area contributed by atoms with Gasteiger partial charge in [0.25, 0.3) is 0 Å². The summed E-state index contributed by atoms with van der Waals surface area (Å²) in [6.45, 7) is 0. The van der Waals surface area contributed by atoms with Gasteiger partial charge in [0.2, 0.25) is 0 Å². The van der Waals surface area contributed by atoms with Crippen LogP contribution in [0.2, 0.25) is 0 Å². The first-order chi connectivity index (χ1) is 44.7. The van der Waals surface area contributed by atoms with E-state index in [1.54, 1.807) is 0 Å². The van der Waals surface area contributed by atoms with E-state index < -0.39 is 0 Å². The summed E-state index contributed by atoms with van der Waals surface area (Å²) < 4.78 is 0. The highest BCUT2D eigenvalue weighted by atomic mass is 14.4. The summed E-state index contributed by atoms with van der Waals surface area (Å²) in [6, 6.07) is 101. The third-order valence-corrected chi connectivity index (χ3v) is 19.0. The number of rotatable bonds is 5. The van der Waals surface area contributed by atoms with E-state index in [9.17, 15) is 0 Å². The van der Waals surface area contributed by atoms with Crippen molar-refractivity contribution in [3.63, 3.8) is 0 Å². The van der Waals surface area contributed by atoms with Crippen molar-refractivity contribution < 1.29 is 0 Å². The Balaban J connectivity index is 0.000000558. The molecule has 0 heterocycles. The first kappa shape index (κ1) is 50.7. The average molecular weight is 1130 g/mol. The Morgan fingerprint density at radius 3 is 1.01 bits per heavy atom. The largest absolute Gasteiger partial charge is 0.106 e. The van der Waals surface area contributed by atoms with Crippen molar-refractivity contribution in [3.05, 3.63) is 267 Å². The monoisotopic (exact) mass is 1130 g/mol. The van der Waals surface area contributed by atoms with Gasteiger partial charge in [-0.3, -0.25) is 0 Å². The standard InChI is InChI=1S/C80H44.C10H2/c1-5-18-45(19-6-1)50-28-15-29-51(42-50)72-53-31-14-13-30-52(53)69(47-20-7-2-8-21-47)77-60-38-34-56-57-35-39-61-76-62(40-36-58(74(57)76)59-37-41-63(80(72)77)75(60)73(56)59)79-71(49-24-11-4-12-25-49)67-44-65-55-33-17-27-46-26-16-32-54(68(46)55)64(65)43-66(67)70(78(61)79)48-22-9-3-10-23-48;1-3-5-7-9-10-8-6-4-2/h1-44H;1-2H.